The second-order valence-electron chi connectivity index (χ2n) is 7.96. The van der Waals surface area contributed by atoms with Crippen LogP contribution in [0.5, 0.6) is 0 Å². The second-order valence-corrected chi connectivity index (χ2v) is 8.36. The van der Waals surface area contributed by atoms with E-state index in [9.17, 15) is 4.79 Å². The van der Waals surface area contributed by atoms with Crippen molar-refractivity contribution in [1.29, 1.82) is 0 Å². The maximum absolute atomic E-state index is 12.7. The molecule has 1 aromatic heterocycles. The van der Waals surface area contributed by atoms with E-state index in [0.29, 0.717) is 16.4 Å². The summed E-state index contributed by atoms with van der Waals surface area (Å²) >= 11 is 6.49. The fourth-order valence-electron chi connectivity index (χ4n) is 4.34. The lowest BCUT2D eigenvalue weighted by molar-refractivity contribution is 0.0724. The molecule has 6 heteroatoms. The zero-order valence-corrected chi connectivity index (χ0v) is 17.6. The van der Waals surface area contributed by atoms with Crippen LogP contribution < -0.4 is 5.32 Å². The van der Waals surface area contributed by atoms with Gasteiger partial charge in [0, 0.05) is 25.8 Å². The van der Waals surface area contributed by atoms with Gasteiger partial charge in [-0.25, -0.2) is 4.98 Å². The molecule has 1 aromatic carbocycles. The Hall–Kier alpha value is -2.11. The summed E-state index contributed by atoms with van der Waals surface area (Å²) in [5.74, 6) is 0.673. The molecule has 1 N–H and O–H groups in total. The molecule has 2 aliphatic heterocycles. The molecule has 29 heavy (non-hydrogen) atoms. The fourth-order valence-corrected chi connectivity index (χ4v) is 4.58. The molecule has 2 fully saturated rings. The standard InChI is InChI=1S/C23H29ClN4O/c24-20-15-19(23(29)28-13-5-2-6-14-28)16-25-22(20)26-17-21(27-11-7-8-12-27)18-9-3-1-4-10-18/h1,3-4,9-10,15-16,21H,2,5-8,11-14,17H2,(H,25,26). The van der Waals surface area contributed by atoms with E-state index < -0.39 is 0 Å². The van der Waals surface area contributed by atoms with Crippen molar-refractivity contribution in [2.45, 2.75) is 38.1 Å². The molecule has 3 heterocycles. The van der Waals surface area contributed by atoms with Crippen molar-refractivity contribution in [2.75, 3.05) is 38.0 Å². The van der Waals surface area contributed by atoms with Crippen LogP contribution in [0.1, 0.15) is 54.1 Å². The van der Waals surface area contributed by atoms with Crippen LogP contribution in [0.15, 0.2) is 42.6 Å². The van der Waals surface area contributed by atoms with Crippen molar-refractivity contribution in [3.8, 4) is 0 Å². The predicted molar refractivity (Wildman–Crippen MR) is 117 cm³/mol. The predicted octanol–water partition coefficient (Wildman–Crippen LogP) is 4.61. The Kier molecular flexibility index (Phi) is 6.67. The molecule has 1 unspecified atom stereocenters. The molecule has 0 spiro atoms. The minimum Gasteiger partial charge on any atom is -0.367 e. The zero-order valence-electron chi connectivity index (χ0n) is 16.8. The zero-order chi connectivity index (χ0) is 20.1. The summed E-state index contributed by atoms with van der Waals surface area (Å²) in [5, 5.41) is 3.93. The van der Waals surface area contributed by atoms with Gasteiger partial charge in [0.1, 0.15) is 5.82 Å². The first-order valence-electron chi connectivity index (χ1n) is 10.7. The number of carbonyl (C=O) groups excluding carboxylic acids is 1. The van der Waals surface area contributed by atoms with Crippen molar-refractivity contribution in [3.63, 3.8) is 0 Å². The van der Waals surface area contributed by atoms with Crippen molar-refractivity contribution in [3.05, 3.63) is 58.7 Å². The third-order valence-corrected chi connectivity index (χ3v) is 6.25. The summed E-state index contributed by atoms with van der Waals surface area (Å²) in [6, 6.07) is 12.6. The molecule has 1 amide bonds. The second kappa shape index (κ2) is 9.59. The van der Waals surface area contributed by atoms with Gasteiger partial charge >= 0.3 is 0 Å². The Morgan fingerprint density at radius 3 is 2.41 bits per heavy atom. The average Bonchev–Trinajstić information content (AvgIpc) is 3.30. The first-order valence-corrected chi connectivity index (χ1v) is 11.1. The van der Waals surface area contributed by atoms with Gasteiger partial charge in [-0.1, -0.05) is 41.9 Å². The smallest absolute Gasteiger partial charge is 0.255 e. The molecular weight excluding hydrogens is 384 g/mol. The molecule has 0 saturated carbocycles. The summed E-state index contributed by atoms with van der Waals surface area (Å²) in [6.07, 6.45) is 7.49. The first-order chi connectivity index (χ1) is 14.2. The van der Waals surface area contributed by atoms with E-state index in [2.05, 4.69) is 45.5 Å². The van der Waals surface area contributed by atoms with E-state index in [-0.39, 0.29) is 11.9 Å². The summed E-state index contributed by atoms with van der Waals surface area (Å²) in [7, 11) is 0. The number of pyridine rings is 1. The van der Waals surface area contributed by atoms with Crippen molar-refractivity contribution < 1.29 is 4.79 Å². The average molecular weight is 413 g/mol. The van der Waals surface area contributed by atoms with Gasteiger partial charge in [0.25, 0.3) is 5.91 Å². The highest BCUT2D eigenvalue weighted by Crippen LogP contribution is 2.27. The molecule has 1 atom stereocenters. The van der Waals surface area contributed by atoms with Gasteiger partial charge in [-0.05, 0) is 56.8 Å². The molecule has 5 nitrogen and oxygen atoms in total. The van der Waals surface area contributed by atoms with Crippen molar-refractivity contribution >= 4 is 23.3 Å². The third kappa shape index (κ3) is 4.90. The number of amides is 1. The summed E-state index contributed by atoms with van der Waals surface area (Å²) in [5.41, 5.74) is 1.87. The maximum Gasteiger partial charge on any atom is 0.255 e. The van der Waals surface area contributed by atoms with E-state index in [1.807, 2.05) is 4.90 Å². The SMILES string of the molecule is O=C(c1cnc(NCC(c2ccccc2)N2CCCC2)c(Cl)c1)N1CCCCC1. The number of piperidine rings is 1. The van der Waals surface area contributed by atoms with Gasteiger partial charge < -0.3 is 10.2 Å². The molecule has 0 bridgehead atoms. The minimum absolute atomic E-state index is 0.0323. The molecule has 154 valence electrons. The largest absolute Gasteiger partial charge is 0.367 e. The van der Waals surface area contributed by atoms with Crippen LogP contribution in [-0.4, -0.2) is 53.4 Å². The summed E-state index contributed by atoms with van der Waals surface area (Å²) < 4.78 is 0. The lowest BCUT2D eigenvalue weighted by Crippen LogP contribution is -2.35. The number of likely N-dealkylation sites (tertiary alicyclic amines) is 2. The van der Waals surface area contributed by atoms with Crippen LogP contribution in [-0.2, 0) is 0 Å². The number of nitrogens with zero attached hydrogens (tertiary/aromatic N) is 3. The summed E-state index contributed by atoms with van der Waals surface area (Å²) in [6.45, 7) is 4.61. The van der Waals surface area contributed by atoms with E-state index in [4.69, 9.17) is 11.6 Å². The van der Waals surface area contributed by atoms with Crippen LogP contribution in [0, 0.1) is 0 Å². The fraction of sp³-hybridized carbons (Fsp3) is 0.478. The number of rotatable bonds is 6. The Morgan fingerprint density at radius 1 is 1.03 bits per heavy atom. The van der Waals surface area contributed by atoms with Crippen LogP contribution in [0.3, 0.4) is 0 Å². The highest BCUT2D eigenvalue weighted by atomic mass is 35.5. The van der Waals surface area contributed by atoms with Crippen LogP contribution in [0.2, 0.25) is 5.02 Å². The molecule has 2 aliphatic rings. The van der Waals surface area contributed by atoms with Gasteiger partial charge in [-0.3, -0.25) is 9.69 Å². The monoisotopic (exact) mass is 412 g/mol. The highest BCUT2D eigenvalue weighted by molar-refractivity contribution is 6.33. The number of aromatic nitrogens is 1. The number of carbonyl (C=O) groups is 1. The van der Waals surface area contributed by atoms with Crippen LogP contribution >= 0.6 is 11.6 Å². The third-order valence-electron chi connectivity index (χ3n) is 5.96. The Balaban J connectivity index is 1.44. The number of anilines is 1. The Bertz CT molecular complexity index is 817. The molecule has 0 radical (unpaired) electrons. The van der Waals surface area contributed by atoms with E-state index in [0.717, 1.165) is 45.6 Å². The maximum atomic E-state index is 12.7. The van der Waals surface area contributed by atoms with Crippen LogP contribution in [0.4, 0.5) is 5.82 Å². The van der Waals surface area contributed by atoms with Gasteiger partial charge in [-0.15, -0.1) is 0 Å². The van der Waals surface area contributed by atoms with Gasteiger partial charge in [0.05, 0.1) is 16.6 Å². The number of benzene rings is 1. The number of hydrogen-bond donors (Lipinski definition) is 1. The van der Waals surface area contributed by atoms with Crippen LogP contribution in [0.25, 0.3) is 0 Å². The minimum atomic E-state index is 0.0323. The highest BCUT2D eigenvalue weighted by Gasteiger charge is 2.24. The van der Waals surface area contributed by atoms with Gasteiger partial charge in [-0.2, -0.15) is 0 Å². The number of halogens is 1. The lowest BCUT2D eigenvalue weighted by atomic mass is 10.1. The lowest BCUT2D eigenvalue weighted by Gasteiger charge is -2.28. The quantitative estimate of drug-likeness (QED) is 0.752. The number of hydrogen-bond acceptors (Lipinski definition) is 4. The van der Waals surface area contributed by atoms with E-state index >= 15 is 0 Å². The molecule has 2 saturated heterocycles. The molecule has 0 aliphatic carbocycles. The number of nitrogens with one attached hydrogen (secondary N) is 1. The van der Waals surface area contributed by atoms with E-state index in [1.54, 1.807) is 12.3 Å². The van der Waals surface area contributed by atoms with E-state index in [1.165, 1.54) is 24.8 Å². The molecule has 2 aromatic rings. The topological polar surface area (TPSA) is 48.5 Å². The van der Waals surface area contributed by atoms with Gasteiger partial charge in [0.15, 0.2) is 0 Å². The first kappa shape index (κ1) is 20.2. The normalized spacial score (nSPS) is 18.6. The van der Waals surface area contributed by atoms with Gasteiger partial charge in [0.2, 0.25) is 0 Å². The molecular formula is C23H29ClN4O. The Labute approximate surface area is 178 Å². The summed E-state index contributed by atoms with van der Waals surface area (Å²) in [4.78, 5) is 21.6. The molecule has 4 rings (SSSR count). The Morgan fingerprint density at radius 2 is 1.72 bits per heavy atom. The van der Waals surface area contributed by atoms with Crippen molar-refractivity contribution in [2.24, 2.45) is 0 Å². The van der Waals surface area contributed by atoms with Crippen molar-refractivity contribution in [1.82, 2.24) is 14.8 Å².